The van der Waals surface area contributed by atoms with Crippen molar-refractivity contribution >= 4 is 11.6 Å². The zero-order valence-electron chi connectivity index (χ0n) is 8.74. The van der Waals surface area contributed by atoms with Gasteiger partial charge in [0.2, 0.25) is 0 Å². The Balaban J connectivity index is 3.84. The van der Waals surface area contributed by atoms with E-state index in [1.165, 1.54) is 5.57 Å². The van der Waals surface area contributed by atoms with Crippen LogP contribution in [0.2, 0.25) is 0 Å². The Kier molecular flexibility index (Phi) is 4.88. The number of alkyl halides is 1. The van der Waals surface area contributed by atoms with Gasteiger partial charge in [0, 0.05) is 17.5 Å². The average Bonchev–Trinajstić information content (AvgIpc) is 1.85. The van der Waals surface area contributed by atoms with Gasteiger partial charge in [0.15, 0.2) is 0 Å². The predicted molar refractivity (Wildman–Crippen MR) is 56.8 cm³/mol. The van der Waals surface area contributed by atoms with Crippen LogP contribution in [0.3, 0.4) is 0 Å². The Bertz CT molecular complexity index is 155. The van der Waals surface area contributed by atoms with Crippen LogP contribution in [0.15, 0.2) is 11.6 Å². The Labute approximate surface area is 81.2 Å². The molecule has 0 amide bonds. The Morgan fingerprint density at radius 2 is 2.00 bits per heavy atom. The van der Waals surface area contributed by atoms with Crippen molar-refractivity contribution in [1.29, 1.82) is 0 Å². The normalized spacial score (nSPS) is 14.2. The minimum atomic E-state index is 0.00745. The minimum Gasteiger partial charge on any atom is -0.307 e. The summed E-state index contributed by atoms with van der Waals surface area (Å²) in [7, 11) is 0. The summed E-state index contributed by atoms with van der Waals surface area (Å²) in [5, 5.41) is 3.52. The lowest BCUT2D eigenvalue weighted by Gasteiger charge is -2.28. The van der Waals surface area contributed by atoms with Gasteiger partial charge in [-0.05, 0) is 34.6 Å². The van der Waals surface area contributed by atoms with Gasteiger partial charge in [0.05, 0.1) is 0 Å². The zero-order chi connectivity index (χ0) is 9.78. The smallest absolute Gasteiger partial charge is 0.0484 e. The Morgan fingerprint density at radius 1 is 1.50 bits per heavy atom. The van der Waals surface area contributed by atoms with Gasteiger partial charge < -0.3 is 5.32 Å². The lowest BCUT2D eigenvalue weighted by atomic mass is 10.0. The van der Waals surface area contributed by atoms with Gasteiger partial charge in [-0.25, -0.2) is 0 Å². The molecule has 12 heavy (non-hydrogen) atoms. The molecule has 0 aromatic heterocycles. The molecule has 0 bridgehead atoms. The van der Waals surface area contributed by atoms with E-state index in [0.717, 1.165) is 6.54 Å². The molecule has 0 saturated carbocycles. The summed E-state index contributed by atoms with van der Waals surface area (Å²) in [6.07, 6.45) is 2.17. The molecule has 0 rings (SSSR count). The van der Waals surface area contributed by atoms with E-state index < -0.39 is 0 Å². The lowest BCUT2D eigenvalue weighted by molar-refractivity contribution is 0.400. The summed E-state index contributed by atoms with van der Waals surface area (Å²) >= 11 is 6.00. The van der Waals surface area contributed by atoms with E-state index in [1.807, 2.05) is 6.92 Å². The summed E-state index contributed by atoms with van der Waals surface area (Å²) in [4.78, 5) is 0. The van der Waals surface area contributed by atoms with Crippen molar-refractivity contribution in [3.8, 4) is 0 Å². The zero-order valence-corrected chi connectivity index (χ0v) is 9.50. The number of hydrogen-bond donors (Lipinski definition) is 1. The first-order chi connectivity index (χ1) is 5.36. The maximum absolute atomic E-state index is 6.00. The average molecular weight is 190 g/mol. The van der Waals surface area contributed by atoms with E-state index in [9.17, 15) is 0 Å². The molecule has 0 aliphatic carbocycles. The van der Waals surface area contributed by atoms with Gasteiger partial charge in [-0.3, -0.25) is 0 Å². The summed E-state index contributed by atoms with van der Waals surface area (Å²) in [5.74, 6) is 0. The highest BCUT2D eigenvalue weighted by atomic mass is 35.5. The molecule has 72 valence electrons. The molecule has 0 aromatic carbocycles. The third kappa shape index (κ3) is 4.78. The fourth-order valence-electron chi connectivity index (χ4n) is 0.659. The Hall–Kier alpha value is -0.0100. The summed E-state index contributed by atoms with van der Waals surface area (Å²) < 4.78 is 0. The van der Waals surface area contributed by atoms with E-state index >= 15 is 0 Å². The van der Waals surface area contributed by atoms with Crippen molar-refractivity contribution in [1.82, 2.24) is 5.32 Å². The quantitative estimate of drug-likeness (QED) is 0.530. The van der Waals surface area contributed by atoms with Crippen molar-refractivity contribution < 1.29 is 0 Å². The van der Waals surface area contributed by atoms with Crippen LogP contribution in [-0.2, 0) is 0 Å². The van der Waals surface area contributed by atoms with E-state index in [4.69, 9.17) is 11.6 Å². The van der Waals surface area contributed by atoms with Crippen LogP contribution in [0.25, 0.3) is 0 Å². The number of allylic oxidation sites excluding steroid dienone is 1. The van der Waals surface area contributed by atoms with Crippen LogP contribution in [0.1, 0.15) is 34.6 Å². The summed E-state index contributed by atoms with van der Waals surface area (Å²) in [6.45, 7) is 11.3. The molecular formula is C10H20ClN. The molecule has 0 heterocycles. The van der Waals surface area contributed by atoms with E-state index in [1.54, 1.807) is 0 Å². The highest BCUT2D eigenvalue weighted by Gasteiger charge is 2.22. The van der Waals surface area contributed by atoms with Crippen molar-refractivity contribution in [3.05, 3.63) is 11.6 Å². The van der Waals surface area contributed by atoms with Crippen LogP contribution in [0, 0.1) is 0 Å². The molecule has 0 aliphatic heterocycles. The molecule has 1 atom stereocenters. The van der Waals surface area contributed by atoms with Gasteiger partial charge >= 0.3 is 0 Å². The second kappa shape index (κ2) is 4.88. The van der Waals surface area contributed by atoms with Gasteiger partial charge in [0.1, 0.15) is 0 Å². The highest BCUT2D eigenvalue weighted by molar-refractivity contribution is 6.21. The molecule has 1 nitrogen and oxygen atoms in total. The molecule has 0 fully saturated rings. The van der Waals surface area contributed by atoms with Crippen LogP contribution in [-0.4, -0.2) is 17.5 Å². The van der Waals surface area contributed by atoms with Crippen LogP contribution in [0.4, 0.5) is 0 Å². The maximum atomic E-state index is 6.00. The minimum absolute atomic E-state index is 0.00745. The molecule has 0 aromatic rings. The molecule has 1 N–H and O–H groups in total. The second-order valence-corrected chi connectivity index (χ2v) is 4.65. The molecule has 1 unspecified atom stereocenters. The SMILES string of the molecule is CC(C)=CCNC(C)(C)C(C)Cl. The van der Waals surface area contributed by atoms with Gasteiger partial charge in [-0.2, -0.15) is 0 Å². The molecular weight excluding hydrogens is 170 g/mol. The molecule has 0 spiro atoms. The van der Waals surface area contributed by atoms with Crippen molar-refractivity contribution in [2.75, 3.05) is 6.54 Å². The second-order valence-electron chi connectivity index (χ2n) is 4.00. The highest BCUT2D eigenvalue weighted by Crippen LogP contribution is 2.13. The fourth-order valence-corrected chi connectivity index (χ4v) is 0.736. The van der Waals surface area contributed by atoms with E-state index in [2.05, 4.69) is 39.1 Å². The van der Waals surface area contributed by atoms with Crippen LogP contribution in [0.5, 0.6) is 0 Å². The van der Waals surface area contributed by atoms with Crippen LogP contribution >= 0.6 is 11.6 Å². The summed E-state index contributed by atoms with van der Waals surface area (Å²) in [6, 6.07) is 0. The predicted octanol–water partition coefficient (Wildman–Crippen LogP) is 2.95. The molecule has 0 aliphatic rings. The van der Waals surface area contributed by atoms with E-state index in [0.29, 0.717) is 0 Å². The number of halogens is 1. The summed E-state index contributed by atoms with van der Waals surface area (Å²) in [5.41, 5.74) is 1.34. The Morgan fingerprint density at radius 3 is 2.33 bits per heavy atom. The molecule has 2 heteroatoms. The first-order valence-corrected chi connectivity index (χ1v) is 4.82. The first-order valence-electron chi connectivity index (χ1n) is 4.38. The van der Waals surface area contributed by atoms with Crippen molar-refractivity contribution in [2.24, 2.45) is 0 Å². The third-order valence-corrected chi connectivity index (χ3v) is 2.61. The maximum Gasteiger partial charge on any atom is 0.0484 e. The number of nitrogens with one attached hydrogen (secondary N) is 1. The van der Waals surface area contributed by atoms with Crippen molar-refractivity contribution in [3.63, 3.8) is 0 Å². The van der Waals surface area contributed by atoms with Gasteiger partial charge in [-0.15, -0.1) is 11.6 Å². The number of rotatable bonds is 4. The van der Waals surface area contributed by atoms with Crippen LogP contribution < -0.4 is 5.32 Å². The lowest BCUT2D eigenvalue weighted by Crippen LogP contribution is -2.45. The van der Waals surface area contributed by atoms with Crippen molar-refractivity contribution in [2.45, 2.75) is 45.5 Å². The van der Waals surface area contributed by atoms with E-state index in [-0.39, 0.29) is 10.9 Å². The number of hydrogen-bond acceptors (Lipinski definition) is 1. The molecule has 0 saturated heterocycles. The largest absolute Gasteiger partial charge is 0.307 e. The third-order valence-electron chi connectivity index (χ3n) is 2.06. The molecule has 0 radical (unpaired) electrons. The van der Waals surface area contributed by atoms with Gasteiger partial charge in [0.25, 0.3) is 0 Å². The fraction of sp³-hybridized carbons (Fsp3) is 0.800. The monoisotopic (exact) mass is 189 g/mol. The standard InChI is InChI=1S/C10H20ClN/c1-8(2)6-7-12-10(4,5)9(3)11/h6,9,12H,7H2,1-5H3. The topological polar surface area (TPSA) is 12.0 Å². The van der Waals surface area contributed by atoms with Gasteiger partial charge in [-0.1, -0.05) is 11.6 Å². The first kappa shape index (κ1) is 12.0.